The van der Waals surface area contributed by atoms with Crippen LogP contribution in [0.5, 0.6) is 0 Å². The zero-order chi connectivity index (χ0) is 24.1. The van der Waals surface area contributed by atoms with Gasteiger partial charge in [0.1, 0.15) is 11.2 Å². The highest BCUT2D eigenvalue weighted by Gasteiger charge is 2.17. The molecular weight excluding hydrogens is 450 g/mol. The second-order valence-corrected chi connectivity index (χ2v) is 9.04. The minimum Gasteiger partial charge on any atom is -0.336 e. The number of H-pyrrole nitrogens is 2. The fourth-order valence-corrected chi connectivity index (χ4v) is 4.85. The minimum atomic E-state index is -0.0224. The van der Waals surface area contributed by atoms with Crippen LogP contribution in [0.4, 0.5) is 5.69 Å². The lowest BCUT2D eigenvalue weighted by Crippen LogP contribution is -2.11. The van der Waals surface area contributed by atoms with Crippen molar-refractivity contribution in [1.29, 1.82) is 0 Å². The van der Waals surface area contributed by atoms with Gasteiger partial charge in [-0.2, -0.15) is 5.10 Å². The number of aromatic nitrogens is 6. The second kappa shape index (κ2) is 8.13. The Morgan fingerprint density at radius 2 is 1.81 bits per heavy atom. The van der Waals surface area contributed by atoms with Gasteiger partial charge in [-0.15, -0.1) is 0 Å². The lowest BCUT2D eigenvalue weighted by molar-refractivity contribution is -0.116. The average Bonchev–Trinajstić information content (AvgIpc) is 3.52. The Morgan fingerprint density at radius 1 is 0.833 bits per heavy atom. The summed E-state index contributed by atoms with van der Waals surface area (Å²) in [6.07, 6.45) is 7.22. The molecule has 3 N–H and O–H groups in total. The van der Waals surface area contributed by atoms with Crippen molar-refractivity contribution < 1.29 is 4.79 Å². The van der Waals surface area contributed by atoms with Crippen molar-refractivity contribution in [3.63, 3.8) is 0 Å². The van der Waals surface area contributed by atoms with E-state index in [0.717, 1.165) is 68.4 Å². The van der Waals surface area contributed by atoms with E-state index in [1.807, 2.05) is 36.4 Å². The number of rotatable bonds is 0. The van der Waals surface area contributed by atoms with Crippen molar-refractivity contribution in [2.75, 3.05) is 5.32 Å². The van der Waals surface area contributed by atoms with Crippen molar-refractivity contribution >= 4 is 33.5 Å². The summed E-state index contributed by atoms with van der Waals surface area (Å²) in [5.41, 5.74) is 8.86. The standard InChI is InChI=1S/C28H21N7O/c36-24-6-2-4-16-3-1-5-18(11-16)25-27-23(9-10-30-25)32-28(33-27)26-21-13-17(7-8-22(21)34-35-26)19-12-20(31-24)15-29-14-19/h1,3,5,7-15H,2,4,6H2,(H,31,36)(H,32,33)(H,34,35). The average molecular weight is 472 g/mol. The minimum absolute atomic E-state index is 0.0224. The summed E-state index contributed by atoms with van der Waals surface area (Å²) >= 11 is 0. The number of nitrogens with one attached hydrogen (secondary N) is 3. The van der Waals surface area contributed by atoms with Crippen molar-refractivity contribution in [2.45, 2.75) is 19.3 Å². The van der Waals surface area contributed by atoms with Crippen LogP contribution in [0.2, 0.25) is 0 Å². The number of amides is 1. The Kier molecular flexibility index (Phi) is 4.63. The molecule has 4 aromatic heterocycles. The topological polar surface area (TPSA) is 112 Å². The number of benzene rings is 2. The van der Waals surface area contributed by atoms with Gasteiger partial charge < -0.3 is 10.3 Å². The van der Waals surface area contributed by atoms with Gasteiger partial charge in [-0.3, -0.25) is 19.9 Å². The first-order chi connectivity index (χ1) is 17.7. The molecule has 5 heterocycles. The second-order valence-electron chi connectivity index (χ2n) is 9.04. The molecule has 0 fully saturated rings. The van der Waals surface area contributed by atoms with Crippen LogP contribution >= 0.6 is 0 Å². The van der Waals surface area contributed by atoms with Gasteiger partial charge in [-0.1, -0.05) is 24.3 Å². The van der Waals surface area contributed by atoms with E-state index in [2.05, 4.69) is 48.7 Å². The maximum absolute atomic E-state index is 12.6. The van der Waals surface area contributed by atoms with Gasteiger partial charge in [0.25, 0.3) is 0 Å². The smallest absolute Gasteiger partial charge is 0.224 e. The molecule has 1 aliphatic rings. The molecule has 6 aromatic rings. The number of hydrogen-bond donors (Lipinski definition) is 3. The maximum atomic E-state index is 12.6. The Labute approximate surface area is 205 Å². The summed E-state index contributed by atoms with van der Waals surface area (Å²) < 4.78 is 0. The van der Waals surface area contributed by atoms with E-state index in [-0.39, 0.29) is 5.91 Å². The summed E-state index contributed by atoms with van der Waals surface area (Å²) in [4.78, 5) is 30.0. The first-order valence-electron chi connectivity index (χ1n) is 11.9. The van der Waals surface area contributed by atoms with Gasteiger partial charge in [0, 0.05) is 35.3 Å². The summed E-state index contributed by atoms with van der Waals surface area (Å²) in [7, 11) is 0. The van der Waals surface area contributed by atoms with Crippen LogP contribution in [0.25, 0.3) is 55.8 Å². The van der Waals surface area contributed by atoms with Crippen LogP contribution in [-0.4, -0.2) is 36.0 Å². The van der Waals surface area contributed by atoms with Crippen molar-refractivity contribution in [1.82, 2.24) is 30.1 Å². The predicted molar refractivity (Wildman–Crippen MR) is 139 cm³/mol. The van der Waals surface area contributed by atoms with Gasteiger partial charge >= 0.3 is 0 Å². The number of aromatic amines is 2. The molecule has 36 heavy (non-hydrogen) atoms. The first kappa shape index (κ1) is 20.5. The van der Waals surface area contributed by atoms with E-state index in [9.17, 15) is 4.79 Å². The largest absolute Gasteiger partial charge is 0.336 e. The normalized spacial score (nSPS) is 13.5. The van der Waals surface area contributed by atoms with Gasteiger partial charge in [0.15, 0.2) is 5.82 Å². The van der Waals surface area contributed by atoms with Crippen molar-refractivity contribution in [3.05, 3.63) is 78.8 Å². The monoisotopic (exact) mass is 471 g/mol. The highest BCUT2D eigenvalue weighted by molar-refractivity contribution is 5.98. The molecule has 0 spiro atoms. The van der Waals surface area contributed by atoms with E-state index in [0.29, 0.717) is 17.9 Å². The van der Waals surface area contributed by atoms with Crippen LogP contribution in [0.15, 0.2) is 73.2 Å². The third-order valence-electron chi connectivity index (χ3n) is 6.61. The summed E-state index contributed by atoms with van der Waals surface area (Å²) in [6.45, 7) is 0. The van der Waals surface area contributed by atoms with Crippen LogP contribution in [0, 0.1) is 0 Å². The molecule has 0 unspecified atom stereocenters. The van der Waals surface area contributed by atoms with E-state index >= 15 is 0 Å². The molecule has 0 aliphatic carbocycles. The van der Waals surface area contributed by atoms with Crippen molar-refractivity contribution in [2.24, 2.45) is 0 Å². The third-order valence-corrected chi connectivity index (χ3v) is 6.61. The molecule has 1 amide bonds. The molecule has 8 nitrogen and oxygen atoms in total. The van der Waals surface area contributed by atoms with Gasteiger partial charge in [0.2, 0.25) is 5.91 Å². The van der Waals surface area contributed by atoms with Gasteiger partial charge in [-0.25, -0.2) is 4.98 Å². The number of anilines is 1. The van der Waals surface area contributed by atoms with E-state index in [4.69, 9.17) is 4.98 Å². The van der Waals surface area contributed by atoms with Crippen LogP contribution < -0.4 is 5.32 Å². The number of carbonyl (C=O) groups is 1. The Bertz CT molecular complexity index is 1780. The highest BCUT2D eigenvalue weighted by atomic mass is 16.1. The molecule has 0 radical (unpaired) electrons. The van der Waals surface area contributed by atoms with Crippen LogP contribution in [-0.2, 0) is 11.2 Å². The SMILES string of the molecule is O=C1CCCc2cccc(c2)-c2nccc3[nH]c(nc23)-c2n[nH]c3ccc(cc23)-c2cncc(c2)N1. The molecular formula is C28H21N7O. The number of nitrogens with zero attached hydrogens (tertiary/aromatic N) is 4. The Morgan fingerprint density at radius 3 is 2.78 bits per heavy atom. The zero-order valence-corrected chi connectivity index (χ0v) is 19.2. The number of aryl methyl sites for hydroxylation is 1. The Hall–Kier alpha value is -4.85. The van der Waals surface area contributed by atoms with Crippen LogP contribution in [0.3, 0.4) is 0 Å². The maximum Gasteiger partial charge on any atom is 0.224 e. The number of hydrogen-bond acceptors (Lipinski definition) is 5. The number of pyridine rings is 2. The molecule has 8 heteroatoms. The molecule has 0 saturated heterocycles. The summed E-state index contributed by atoms with van der Waals surface area (Å²) in [5, 5.41) is 11.6. The quantitative estimate of drug-likeness (QED) is 0.271. The molecule has 8 bridgehead atoms. The number of fused-ring (bicyclic) bond motifs is 9. The molecule has 0 atom stereocenters. The van der Waals surface area contributed by atoms with Crippen molar-refractivity contribution in [3.8, 4) is 33.9 Å². The first-order valence-corrected chi connectivity index (χ1v) is 11.9. The van der Waals surface area contributed by atoms with Crippen LogP contribution in [0.1, 0.15) is 18.4 Å². The number of imidazole rings is 1. The summed E-state index contributed by atoms with van der Waals surface area (Å²) in [5.74, 6) is 0.654. The Balaban J connectivity index is 1.45. The molecule has 0 saturated carbocycles. The lowest BCUT2D eigenvalue weighted by Gasteiger charge is -2.08. The predicted octanol–water partition coefficient (Wildman–Crippen LogP) is 5.51. The van der Waals surface area contributed by atoms with Gasteiger partial charge in [0.05, 0.1) is 28.6 Å². The molecule has 7 rings (SSSR count). The third kappa shape index (κ3) is 3.51. The number of carbonyl (C=O) groups excluding carboxylic acids is 1. The summed E-state index contributed by atoms with van der Waals surface area (Å²) in [6, 6.07) is 18.3. The highest BCUT2D eigenvalue weighted by Crippen LogP contribution is 2.33. The molecule has 174 valence electrons. The van der Waals surface area contributed by atoms with E-state index in [1.54, 1.807) is 18.6 Å². The van der Waals surface area contributed by atoms with Gasteiger partial charge in [-0.05, 0) is 54.3 Å². The van der Waals surface area contributed by atoms with E-state index in [1.165, 1.54) is 0 Å². The molecule has 1 aliphatic heterocycles. The zero-order valence-electron chi connectivity index (χ0n) is 19.2. The lowest BCUT2D eigenvalue weighted by atomic mass is 10.0. The fraction of sp³-hybridized carbons (Fsp3) is 0.107. The van der Waals surface area contributed by atoms with E-state index < -0.39 is 0 Å². The fourth-order valence-electron chi connectivity index (χ4n) is 4.85. The molecule has 2 aromatic carbocycles.